The maximum Gasteiger partial charge on any atom is 0.261 e. The minimum atomic E-state index is -4.01. The smallest absolute Gasteiger partial charge is 0.261 e. The highest BCUT2D eigenvalue weighted by atomic mass is 32.2. The van der Waals surface area contributed by atoms with Gasteiger partial charge >= 0.3 is 0 Å². The van der Waals surface area contributed by atoms with Crippen LogP contribution in [0.2, 0.25) is 0 Å². The Morgan fingerprint density at radius 3 is 2.03 bits per heavy atom. The lowest BCUT2D eigenvalue weighted by Crippen LogP contribution is -2.27. The van der Waals surface area contributed by atoms with Crippen molar-refractivity contribution in [1.82, 2.24) is 9.21 Å². The first-order valence-electron chi connectivity index (χ1n) is 9.06. The Morgan fingerprint density at radius 2 is 1.45 bits per heavy atom. The normalized spacial score (nSPS) is 15.2. The lowest BCUT2D eigenvalue weighted by Gasteiger charge is -2.17. The number of amides is 1. The number of nitrogens with one attached hydrogen (secondary N) is 1. The summed E-state index contributed by atoms with van der Waals surface area (Å²) in [5, 5.41) is 0. The molecule has 1 amide bonds. The Bertz CT molecular complexity index is 1100. The largest absolute Gasteiger partial charge is 0.345 e. The van der Waals surface area contributed by atoms with E-state index in [9.17, 15) is 21.6 Å². The molecule has 0 bridgehead atoms. The molecule has 1 aliphatic rings. The van der Waals surface area contributed by atoms with E-state index >= 15 is 0 Å². The number of anilines is 1. The van der Waals surface area contributed by atoms with Crippen LogP contribution in [0.3, 0.4) is 0 Å². The number of nitrogens with zero attached hydrogens (tertiary/aromatic N) is 2. The minimum absolute atomic E-state index is 0.0570. The SMILES string of the molecule is CN(C)C(=O)c1ccccc1NS(=O)(=O)c1ccc(S(=O)(=O)N2CCCC2)cc1. The van der Waals surface area contributed by atoms with Crippen LogP contribution in [0.15, 0.2) is 58.3 Å². The van der Waals surface area contributed by atoms with Gasteiger partial charge < -0.3 is 4.90 Å². The molecule has 10 heteroatoms. The molecule has 3 rings (SSSR count). The van der Waals surface area contributed by atoms with Gasteiger partial charge in [-0.1, -0.05) is 12.1 Å². The van der Waals surface area contributed by atoms with Crippen LogP contribution in [0, 0.1) is 0 Å². The van der Waals surface area contributed by atoms with E-state index in [2.05, 4.69) is 4.72 Å². The third-order valence-corrected chi connectivity index (χ3v) is 7.94. The van der Waals surface area contributed by atoms with Gasteiger partial charge in [0.05, 0.1) is 21.0 Å². The Balaban J connectivity index is 1.87. The summed E-state index contributed by atoms with van der Waals surface area (Å²) in [4.78, 5) is 13.6. The monoisotopic (exact) mass is 437 g/mol. The maximum atomic E-state index is 12.8. The van der Waals surface area contributed by atoms with Crippen molar-refractivity contribution in [3.8, 4) is 0 Å². The van der Waals surface area contributed by atoms with Gasteiger partial charge in [-0.2, -0.15) is 4.31 Å². The molecule has 156 valence electrons. The number of hydrogen-bond donors (Lipinski definition) is 1. The molecule has 1 N–H and O–H groups in total. The molecular weight excluding hydrogens is 414 g/mol. The van der Waals surface area contributed by atoms with Crippen LogP contribution in [0.1, 0.15) is 23.2 Å². The van der Waals surface area contributed by atoms with Crippen molar-refractivity contribution < 1.29 is 21.6 Å². The Hall–Kier alpha value is -2.43. The van der Waals surface area contributed by atoms with Gasteiger partial charge in [-0.25, -0.2) is 16.8 Å². The number of rotatable bonds is 6. The van der Waals surface area contributed by atoms with Crippen molar-refractivity contribution in [2.45, 2.75) is 22.6 Å². The molecule has 1 aliphatic heterocycles. The van der Waals surface area contributed by atoms with Crippen LogP contribution in [0.5, 0.6) is 0 Å². The molecule has 1 heterocycles. The third kappa shape index (κ3) is 4.44. The fourth-order valence-electron chi connectivity index (χ4n) is 3.07. The number of hydrogen-bond acceptors (Lipinski definition) is 5. The predicted octanol–water partition coefficient (Wildman–Crippen LogP) is 1.97. The second-order valence-electron chi connectivity index (χ2n) is 6.93. The number of benzene rings is 2. The van der Waals surface area contributed by atoms with Crippen molar-refractivity contribution in [3.63, 3.8) is 0 Å². The molecule has 0 unspecified atom stereocenters. The molecule has 2 aromatic carbocycles. The number of sulfonamides is 2. The highest BCUT2D eigenvalue weighted by Gasteiger charge is 2.27. The molecule has 29 heavy (non-hydrogen) atoms. The van der Waals surface area contributed by atoms with Crippen molar-refractivity contribution >= 4 is 31.6 Å². The lowest BCUT2D eigenvalue weighted by molar-refractivity contribution is 0.0828. The first-order valence-corrected chi connectivity index (χ1v) is 12.0. The molecule has 0 saturated carbocycles. The van der Waals surface area contributed by atoms with Gasteiger partial charge in [-0.3, -0.25) is 9.52 Å². The Kier molecular flexibility index (Phi) is 5.97. The topological polar surface area (TPSA) is 104 Å². The van der Waals surface area contributed by atoms with Crippen molar-refractivity contribution in [1.29, 1.82) is 0 Å². The van der Waals surface area contributed by atoms with Crippen molar-refractivity contribution in [2.24, 2.45) is 0 Å². The average Bonchev–Trinajstić information content (AvgIpc) is 3.23. The first kappa shape index (κ1) is 21.3. The molecule has 0 aromatic heterocycles. The molecule has 2 aromatic rings. The number of carbonyl (C=O) groups is 1. The molecular formula is C19H23N3O5S2. The average molecular weight is 438 g/mol. The van der Waals surface area contributed by atoms with E-state index in [1.165, 1.54) is 45.6 Å². The van der Waals surface area contributed by atoms with Gasteiger partial charge in [-0.15, -0.1) is 0 Å². The zero-order chi connectivity index (χ0) is 21.2. The summed E-state index contributed by atoms with van der Waals surface area (Å²) in [6.45, 7) is 0.946. The highest BCUT2D eigenvalue weighted by molar-refractivity contribution is 7.92. The van der Waals surface area contributed by atoms with Gasteiger partial charge in [0.15, 0.2) is 0 Å². The quantitative estimate of drug-likeness (QED) is 0.744. The summed E-state index contributed by atoms with van der Waals surface area (Å²) in [6, 6.07) is 11.4. The molecule has 0 spiro atoms. The maximum absolute atomic E-state index is 12.8. The molecule has 0 radical (unpaired) electrons. The lowest BCUT2D eigenvalue weighted by atomic mass is 10.1. The third-order valence-electron chi connectivity index (χ3n) is 4.64. The number of para-hydroxylation sites is 1. The molecule has 1 fully saturated rings. The van der Waals surface area contributed by atoms with Crippen LogP contribution >= 0.6 is 0 Å². The zero-order valence-electron chi connectivity index (χ0n) is 16.2. The van der Waals surface area contributed by atoms with E-state index in [-0.39, 0.29) is 26.9 Å². The van der Waals surface area contributed by atoms with E-state index in [0.29, 0.717) is 13.1 Å². The predicted molar refractivity (Wildman–Crippen MR) is 110 cm³/mol. The van der Waals surface area contributed by atoms with Crippen LogP contribution in [-0.4, -0.2) is 59.1 Å². The van der Waals surface area contributed by atoms with E-state index in [1.54, 1.807) is 26.2 Å². The second kappa shape index (κ2) is 8.13. The van der Waals surface area contributed by atoms with Crippen molar-refractivity contribution in [2.75, 3.05) is 31.9 Å². The van der Waals surface area contributed by atoms with E-state index in [0.717, 1.165) is 12.8 Å². The minimum Gasteiger partial charge on any atom is -0.345 e. The Labute approximate surface area is 171 Å². The summed E-state index contributed by atoms with van der Waals surface area (Å²) in [7, 11) is -4.47. The Morgan fingerprint density at radius 1 is 0.897 bits per heavy atom. The van der Waals surface area contributed by atoms with Crippen LogP contribution in [0.4, 0.5) is 5.69 Å². The summed E-state index contributed by atoms with van der Waals surface area (Å²) >= 11 is 0. The summed E-state index contributed by atoms with van der Waals surface area (Å²) in [5.74, 6) is -0.338. The van der Waals surface area contributed by atoms with Gasteiger partial charge in [0.2, 0.25) is 10.0 Å². The van der Waals surface area contributed by atoms with Crippen LogP contribution in [0.25, 0.3) is 0 Å². The van der Waals surface area contributed by atoms with Gasteiger partial charge in [0.1, 0.15) is 0 Å². The molecule has 0 atom stereocenters. The van der Waals surface area contributed by atoms with Crippen molar-refractivity contribution in [3.05, 3.63) is 54.1 Å². The van der Waals surface area contributed by atoms with Gasteiger partial charge in [0, 0.05) is 27.2 Å². The van der Waals surface area contributed by atoms with Gasteiger partial charge in [-0.05, 0) is 49.2 Å². The van der Waals surface area contributed by atoms with E-state index in [1.807, 2.05) is 0 Å². The first-order chi connectivity index (χ1) is 13.6. The molecule has 0 aliphatic carbocycles. The van der Waals surface area contributed by atoms with Crippen LogP contribution in [-0.2, 0) is 20.0 Å². The summed E-state index contributed by atoms with van der Waals surface area (Å²) < 4.78 is 54.5. The fourth-order valence-corrected chi connectivity index (χ4v) is 5.67. The van der Waals surface area contributed by atoms with E-state index in [4.69, 9.17) is 0 Å². The van der Waals surface area contributed by atoms with E-state index < -0.39 is 20.0 Å². The fraction of sp³-hybridized carbons (Fsp3) is 0.316. The summed E-state index contributed by atoms with van der Waals surface area (Å²) in [6.07, 6.45) is 1.64. The molecule has 8 nitrogen and oxygen atoms in total. The highest BCUT2D eigenvalue weighted by Crippen LogP contribution is 2.24. The number of carbonyl (C=O) groups excluding carboxylic acids is 1. The standard InChI is InChI=1S/C19H23N3O5S2/c1-21(2)19(23)17-7-3-4-8-18(17)20-28(24,25)15-9-11-16(12-10-15)29(26,27)22-13-5-6-14-22/h3-4,7-12,20H,5-6,13-14H2,1-2H3. The zero-order valence-corrected chi connectivity index (χ0v) is 17.8. The molecule has 1 saturated heterocycles. The van der Waals surface area contributed by atoms with Crippen LogP contribution < -0.4 is 4.72 Å². The second-order valence-corrected chi connectivity index (χ2v) is 10.6. The summed E-state index contributed by atoms with van der Waals surface area (Å²) in [5.41, 5.74) is 0.370. The van der Waals surface area contributed by atoms with Gasteiger partial charge in [0.25, 0.3) is 15.9 Å².